The summed E-state index contributed by atoms with van der Waals surface area (Å²) in [4.78, 5) is 14.1. The summed E-state index contributed by atoms with van der Waals surface area (Å²) in [6, 6.07) is 4.49. The van der Waals surface area contributed by atoms with Gasteiger partial charge in [-0.1, -0.05) is 29.8 Å². The highest BCUT2D eigenvalue weighted by Crippen LogP contribution is 2.24. The maximum atomic E-state index is 13.7. The first kappa shape index (κ1) is 13.5. The number of halogens is 2. The molecule has 1 aromatic rings. The number of hydrogen-bond donors (Lipinski definition) is 0. The van der Waals surface area contributed by atoms with Gasteiger partial charge in [-0.05, 0) is 36.5 Å². The number of rotatable bonds is 1. The third-order valence-corrected chi connectivity index (χ3v) is 3.81. The predicted molar refractivity (Wildman–Crippen MR) is 72.9 cm³/mol. The molecule has 1 saturated heterocycles. The molecule has 1 aliphatic heterocycles. The van der Waals surface area contributed by atoms with E-state index in [0.717, 1.165) is 24.0 Å². The molecule has 98 valence electrons. The van der Waals surface area contributed by atoms with E-state index in [-0.39, 0.29) is 11.5 Å². The molecule has 2 atom stereocenters. The van der Waals surface area contributed by atoms with Crippen LogP contribution in [0.4, 0.5) is 4.39 Å². The number of benzene rings is 1. The van der Waals surface area contributed by atoms with Gasteiger partial charge < -0.3 is 4.90 Å². The average molecular weight is 314 g/mol. The van der Waals surface area contributed by atoms with Crippen molar-refractivity contribution in [3.05, 3.63) is 34.1 Å². The van der Waals surface area contributed by atoms with Gasteiger partial charge in [0.2, 0.25) is 0 Å². The van der Waals surface area contributed by atoms with Crippen molar-refractivity contribution in [2.45, 2.75) is 20.3 Å². The van der Waals surface area contributed by atoms with E-state index in [4.69, 9.17) is 0 Å². The molecule has 2 nitrogen and oxygen atoms in total. The van der Waals surface area contributed by atoms with Crippen LogP contribution in [0, 0.1) is 17.7 Å². The first-order valence-corrected chi connectivity index (χ1v) is 7.01. The largest absolute Gasteiger partial charge is 0.338 e. The van der Waals surface area contributed by atoms with Crippen LogP contribution in [0.3, 0.4) is 0 Å². The van der Waals surface area contributed by atoms with Crippen LogP contribution < -0.4 is 0 Å². The molecule has 1 amide bonds. The molecule has 0 bridgehead atoms. The van der Waals surface area contributed by atoms with E-state index in [9.17, 15) is 9.18 Å². The number of nitrogens with zero attached hydrogens (tertiary/aromatic N) is 1. The standard InChI is InChI=1S/C14H17BrFNO/c1-9-5-10(2)8-17(7-9)14(18)12-6-11(15)3-4-13(12)16/h3-4,6,9-10H,5,7-8H2,1-2H3. The molecule has 1 fully saturated rings. The van der Waals surface area contributed by atoms with Crippen LogP contribution in [-0.4, -0.2) is 23.9 Å². The first-order valence-electron chi connectivity index (χ1n) is 6.21. The predicted octanol–water partition coefficient (Wildman–Crippen LogP) is 3.71. The Morgan fingerprint density at radius 2 is 1.94 bits per heavy atom. The lowest BCUT2D eigenvalue weighted by Crippen LogP contribution is -2.42. The second kappa shape index (κ2) is 5.39. The molecule has 2 unspecified atom stereocenters. The van der Waals surface area contributed by atoms with Crippen molar-refractivity contribution in [1.82, 2.24) is 4.90 Å². The minimum Gasteiger partial charge on any atom is -0.338 e. The van der Waals surface area contributed by atoms with E-state index in [1.54, 1.807) is 17.0 Å². The fourth-order valence-electron chi connectivity index (χ4n) is 2.66. The molecule has 4 heteroatoms. The van der Waals surface area contributed by atoms with Crippen LogP contribution >= 0.6 is 15.9 Å². The third kappa shape index (κ3) is 2.91. The molecule has 0 spiro atoms. The number of likely N-dealkylation sites (tertiary alicyclic amines) is 1. The molecule has 18 heavy (non-hydrogen) atoms. The molecule has 0 radical (unpaired) electrons. The summed E-state index contributed by atoms with van der Waals surface area (Å²) >= 11 is 3.27. The van der Waals surface area contributed by atoms with Crippen molar-refractivity contribution >= 4 is 21.8 Å². The quantitative estimate of drug-likeness (QED) is 0.774. The summed E-state index contributed by atoms with van der Waals surface area (Å²) in [5, 5.41) is 0. The van der Waals surface area contributed by atoms with Crippen LogP contribution in [0.1, 0.15) is 30.6 Å². The van der Waals surface area contributed by atoms with Gasteiger partial charge in [-0.15, -0.1) is 0 Å². The molecule has 0 saturated carbocycles. The fraction of sp³-hybridized carbons (Fsp3) is 0.500. The number of carbonyl (C=O) groups excluding carboxylic acids is 1. The Morgan fingerprint density at radius 1 is 1.33 bits per heavy atom. The first-order chi connectivity index (χ1) is 8.47. The van der Waals surface area contributed by atoms with E-state index in [1.807, 2.05) is 0 Å². The third-order valence-electron chi connectivity index (χ3n) is 3.31. The minimum atomic E-state index is -0.450. The molecule has 0 aliphatic carbocycles. The van der Waals surface area contributed by atoms with Gasteiger partial charge >= 0.3 is 0 Å². The summed E-state index contributed by atoms with van der Waals surface area (Å²) in [7, 11) is 0. The van der Waals surface area contributed by atoms with Crippen molar-refractivity contribution in [2.75, 3.05) is 13.1 Å². The Labute approximate surface area is 115 Å². The molecule has 2 rings (SSSR count). The van der Waals surface area contributed by atoms with Crippen LogP contribution in [0.2, 0.25) is 0 Å². The highest BCUT2D eigenvalue weighted by atomic mass is 79.9. The molecule has 1 aliphatic rings. The molecule has 0 aromatic heterocycles. The van der Waals surface area contributed by atoms with Gasteiger partial charge in [0.15, 0.2) is 0 Å². The summed E-state index contributed by atoms with van der Waals surface area (Å²) in [5.41, 5.74) is 0.158. The maximum absolute atomic E-state index is 13.7. The second-order valence-corrected chi connectivity index (χ2v) is 6.20. The topological polar surface area (TPSA) is 20.3 Å². The van der Waals surface area contributed by atoms with Gasteiger partial charge in [0.1, 0.15) is 5.82 Å². The van der Waals surface area contributed by atoms with Crippen molar-refractivity contribution in [1.29, 1.82) is 0 Å². The lowest BCUT2D eigenvalue weighted by Gasteiger charge is -2.35. The highest BCUT2D eigenvalue weighted by molar-refractivity contribution is 9.10. The Bertz CT molecular complexity index is 453. The van der Waals surface area contributed by atoms with Crippen LogP contribution in [0.25, 0.3) is 0 Å². The lowest BCUT2D eigenvalue weighted by atomic mass is 9.91. The highest BCUT2D eigenvalue weighted by Gasteiger charge is 2.27. The van der Waals surface area contributed by atoms with Crippen molar-refractivity contribution in [3.63, 3.8) is 0 Å². The Morgan fingerprint density at radius 3 is 2.56 bits per heavy atom. The summed E-state index contributed by atoms with van der Waals surface area (Å²) < 4.78 is 14.4. The second-order valence-electron chi connectivity index (χ2n) is 5.28. The average Bonchev–Trinajstić information content (AvgIpc) is 2.30. The SMILES string of the molecule is CC1CC(C)CN(C(=O)c2cc(Br)ccc2F)C1. The molecule has 0 N–H and O–H groups in total. The molecular formula is C14H17BrFNO. The van der Waals surface area contributed by atoms with Gasteiger partial charge in [0.05, 0.1) is 5.56 Å². The van der Waals surface area contributed by atoms with E-state index in [1.165, 1.54) is 6.07 Å². The summed E-state index contributed by atoms with van der Waals surface area (Å²) in [6.07, 6.45) is 1.13. The van der Waals surface area contributed by atoms with Gasteiger partial charge in [0, 0.05) is 17.6 Å². The van der Waals surface area contributed by atoms with Crippen molar-refractivity contribution in [2.24, 2.45) is 11.8 Å². The van der Waals surface area contributed by atoms with Crippen LogP contribution in [0.15, 0.2) is 22.7 Å². The number of hydrogen-bond acceptors (Lipinski definition) is 1. The summed E-state index contributed by atoms with van der Waals surface area (Å²) in [5.74, 6) is 0.308. The maximum Gasteiger partial charge on any atom is 0.256 e. The Hall–Kier alpha value is -0.900. The van der Waals surface area contributed by atoms with Crippen LogP contribution in [0.5, 0.6) is 0 Å². The molecule has 1 aromatic carbocycles. The van der Waals surface area contributed by atoms with E-state index < -0.39 is 5.82 Å². The molecule has 1 heterocycles. The Kier molecular flexibility index (Phi) is 4.05. The van der Waals surface area contributed by atoms with Gasteiger partial charge in [-0.3, -0.25) is 4.79 Å². The number of amides is 1. The van der Waals surface area contributed by atoms with Gasteiger partial charge in [-0.2, -0.15) is 0 Å². The normalized spacial score (nSPS) is 24.1. The zero-order valence-electron chi connectivity index (χ0n) is 10.6. The van der Waals surface area contributed by atoms with Crippen LogP contribution in [-0.2, 0) is 0 Å². The zero-order chi connectivity index (χ0) is 13.3. The monoisotopic (exact) mass is 313 g/mol. The van der Waals surface area contributed by atoms with Crippen molar-refractivity contribution < 1.29 is 9.18 Å². The van der Waals surface area contributed by atoms with E-state index >= 15 is 0 Å². The smallest absolute Gasteiger partial charge is 0.256 e. The molecular weight excluding hydrogens is 297 g/mol. The van der Waals surface area contributed by atoms with Gasteiger partial charge in [0.25, 0.3) is 5.91 Å². The van der Waals surface area contributed by atoms with Crippen molar-refractivity contribution in [3.8, 4) is 0 Å². The minimum absolute atomic E-state index is 0.158. The number of carbonyl (C=O) groups is 1. The zero-order valence-corrected chi connectivity index (χ0v) is 12.2. The number of piperidine rings is 1. The Balaban J connectivity index is 2.22. The summed E-state index contributed by atoms with van der Waals surface area (Å²) in [6.45, 7) is 5.70. The van der Waals surface area contributed by atoms with E-state index in [2.05, 4.69) is 29.8 Å². The van der Waals surface area contributed by atoms with Gasteiger partial charge in [-0.25, -0.2) is 4.39 Å². The lowest BCUT2D eigenvalue weighted by molar-refractivity contribution is 0.0618. The van der Waals surface area contributed by atoms with E-state index in [0.29, 0.717) is 11.8 Å². The fourth-order valence-corrected chi connectivity index (χ4v) is 3.02.